The summed E-state index contributed by atoms with van der Waals surface area (Å²) in [6.45, 7) is 3.46. The van der Waals surface area contributed by atoms with Crippen LogP contribution in [0.4, 0.5) is 21.8 Å². The maximum Gasteiger partial charge on any atom is 0.226 e. The van der Waals surface area contributed by atoms with Gasteiger partial charge < -0.3 is 20.3 Å². The monoisotopic (exact) mass is 498 g/mol. The molecule has 3 saturated heterocycles. The van der Waals surface area contributed by atoms with Crippen molar-refractivity contribution in [3.8, 4) is 11.5 Å². The zero-order valence-electron chi connectivity index (χ0n) is 20.0. The number of piperidine rings is 2. The fourth-order valence-corrected chi connectivity index (χ4v) is 5.02. The summed E-state index contributed by atoms with van der Waals surface area (Å²) in [4.78, 5) is 24.4. The maximum atomic E-state index is 15.5. The second kappa shape index (κ2) is 8.59. The molecule has 2 N–H and O–H groups in total. The Bertz CT molecular complexity index is 1630. The highest BCUT2D eigenvalue weighted by Crippen LogP contribution is 2.33. The van der Waals surface area contributed by atoms with Crippen LogP contribution in [0, 0.1) is 12.7 Å². The standard InChI is InChI=1S/C25H23FN10O/c1-14-20(37-17-6-7-36-21(8-17)30-13-32-36)5-4-18(22(14)26)33-24-23-19(29-12-31-24)10-28-25(34-23)35-11-15-2-3-16(35)9-27-15/h4-8,10,12-13,15-16,27H,2-3,9,11H2,1H3,(H,29,31,33)/t15-,16-/m1/s1. The summed E-state index contributed by atoms with van der Waals surface area (Å²) in [5, 5.41) is 10.7. The molecule has 0 spiro atoms. The van der Waals surface area contributed by atoms with Crippen LogP contribution in [-0.4, -0.2) is 59.7 Å². The van der Waals surface area contributed by atoms with Crippen LogP contribution in [0.25, 0.3) is 16.7 Å². The SMILES string of the molecule is Cc1c(Oc2ccn3ncnc3c2)ccc(Nc2ncnc3cnc(N4C[C@H]5CC[C@@H]4CN5)nc23)c1F. The Kier molecular flexibility index (Phi) is 5.06. The van der Waals surface area contributed by atoms with Gasteiger partial charge in [0.05, 0.1) is 11.9 Å². The zero-order valence-corrected chi connectivity index (χ0v) is 20.0. The van der Waals surface area contributed by atoms with E-state index in [1.54, 1.807) is 48.1 Å². The molecule has 0 saturated carbocycles. The predicted molar refractivity (Wildman–Crippen MR) is 135 cm³/mol. The summed E-state index contributed by atoms with van der Waals surface area (Å²) in [5.41, 5.74) is 2.39. The van der Waals surface area contributed by atoms with Crippen molar-refractivity contribution >= 4 is 34.1 Å². The number of nitrogens with one attached hydrogen (secondary N) is 2. The summed E-state index contributed by atoms with van der Waals surface area (Å²) >= 11 is 0. The van der Waals surface area contributed by atoms with Crippen LogP contribution in [-0.2, 0) is 0 Å². The topological polar surface area (TPSA) is 118 Å². The lowest BCUT2D eigenvalue weighted by molar-refractivity contribution is 0.287. The third-order valence-electron chi connectivity index (χ3n) is 7.04. The van der Waals surface area contributed by atoms with E-state index >= 15 is 4.39 Å². The van der Waals surface area contributed by atoms with Crippen molar-refractivity contribution in [3.63, 3.8) is 0 Å². The number of hydrogen-bond acceptors (Lipinski definition) is 10. The molecule has 0 amide bonds. The first kappa shape index (κ1) is 21.8. The van der Waals surface area contributed by atoms with E-state index in [1.165, 1.54) is 12.7 Å². The minimum atomic E-state index is -0.443. The van der Waals surface area contributed by atoms with Crippen LogP contribution < -0.4 is 20.3 Å². The predicted octanol–water partition coefficient (Wildman–Crippen LogP) is 3.39. The lowest BCUT2D eigenvalue weighted by Crippen LogP contribution is -2.61. The Hall–Kier alpha value is -4.45. The molecule has 11 nitrogen and oxygen atoms in total. The maximum absolute atomic E-state index is 15.5. The van der Waals surface area contributed by atoms with Gasteiger partial charge in [0.2, 0.25) is 5.95 Å². The summed E-state index contributed by atoms with van der Waals surface area (Å²) in [7, 11) is 0. The number of halogens is 1. The molecular weight excluding hydrogens is 475 g/mol. The molecule has 0 unspecified atom stereocenters. The average molecular weight is 499 g/mol. The Labute approximate surface area is 210 Å². The van der Waals surface area contributed by atoms with Gasteiger partial charge in [-0.25, -0.2) is 33.8 Å². The number of benzene rings is 1. The van der Waals surface area contributed by atoms with Crippen molar-refractivity contribution in [2.45, 2.75) is 31.8 Å². The van der Waals surface area contributed by atoms with Gasteiger partial charge in [-0.05, 0) is 38.0 Å². The number of hydrogen-bond donors (Lipinski definition) is 2. The molecule has 3 aliphatic heterocycles. The fraction of sp³-hybridized carbons (Fsp3) is 0.280. The van der Waals surface area contributed by atoms with Crippen molar-refractivity contribution < 1.29 is 9.13 Å². The molecule has 5 aromatic rings. The molecule has 186 valence electrons. The van der Waals surface area contributed by atoms with Gasteiger partial charge in [-0.3, -0.25) is 0 Å². The Morgan fingerprint density at radius 1 is 1.11 bits per heavy atom. The number of ether oxygens (including phenoxy) is 1. The number of pyridine rings is 1. The van der Waals surface area contributed by atoms with Gasteiger partial charge in [0.15, 0.2) is 17.3 Å². The fourth-order valence-electron chi connectivity index (χ4n) is 5.02. The molecule has 4 aromatic heterocycles. The third-order valence-corrected chi connectivity index (χ3v) is 7.04. The molecule has 0 aliphatic carbocycles. The largest absolute Gasteiger partial charge is 0.457 e. The van der Waals surface area contributed by atoms with Gasteiger partial charge in [0.1, 0.15) is 35.2 Å². The molecule has 0 radical (unpaired) electrons. The van der Waals surface area contributed by atoms with Crippen LogP contribution in [0.1, 0.15) is 18.4 Å². The molecule has 8 rings (SSSR count). The average Bonchev–Trinajstić information content (AvgIpc) is 3.41. The van der Waals surface area contributed by atoms with Crippen molar-refractivity contribution in [2.24, 2.45) is 0 Å². The second-order valence-corrected chi connectivity index (χ2v) is 9.32. The lowest BCUT2D eigenvalue weighted by Gasteiger charge is -2.45. The highest BCUT2D eigenvalue weighted by molar-refractivity contribution is 5.87. The molecule has 37 heavy (non-hydrogen) atoms. The smallest absolute Gasteiger partial charge is 0.226 e. The van der Waals surface area contributed by atoms with Gasteiger partial charge in [0.25, 0.3) is 0 Å². The van der Waals surface area contributed by atoms with E-state index in [9.17, 15) is 0 Å². The van der Waals surface area contributed by atoms with Crippen LogP contribution in [0.15, 0.2) is 49.3 Å². The summed E-state index contributed by atoms with van der Waals surface area (Å²) < 4.78 is 23.0. The van der Waals surface area contributed by atoms with Crippen LogP contribution >= 0.6 is 0 Å². The van der Waals surface area contributed by atoms with Crippen LogP contribution in [0.3, 0.4) is 0 Å². The van der Waals surface area contributed by atoms with E-state index in [0.717, 1.165) is 25.9 Å². The van der Waals surface area contributed by atoms with E-state index in [2.05, 4.69) is 40.6 Å². The van der Waals surface area contributed by atoms with Gasteiger partial charge in [0, 0.05) is 43.0 Å². The first-order valence-corrected chi connectivity index (χ1v) is 12.1. The Balaban J connectivity index is 1.18. The Morgan fingerprint density at radius 3 is 2.89 bits per heavy atom. The van der Waals surface area contributed by atoms with Gasteiger partial charge in [-0.2, -0.15) is 5.10 Å². The normalized spacial score (nSPS) is 19.0. The highest BCUT2D eigenvalue weighted by atomic mass is 19.1. The first-order chi connectivity index (χ1) is 18.1. The van der Waals surface area contributed by atoms with E-state index in [0.29, 0.717) is 57.6 Å². The number of aromatic nitrogens is 7. The summed E-state index contributed by atoms with van der Waals surface area (Å²) in [6.07, 6.45) is 8.60. The number of piperazine rings is 1. The number of rotatable bonds is 5. The lowest BCUT2D eigenvalue weighted by atomic mass is 9.93. The summed E-state index contributed by atoms with van der Waals surface area (Å²) in [6, 6.07) is 7.64. The zero-order chi connectivity index (χ0) is 24.9. The van der Waals surface area contributed by atoms with Crippen molar-refractivity contribution in [1.29, 1.82) is 0 Å². The van der Waals surface area contributed by atoms with E-state index in [-0.39, 0.29) is 5.69 Å². The van der Waals surface area contributed by atoms with Crippen molar-refractivity contribution in [1.82, 2.24) is 39.9 Å². The first-order valence-electron chi connectivity index (χ1n) is 12.1. The van der Waals surface area contributed by atoms with E-state index in [4.69, 9.17) is 9.72 Å². The summed E-state index contributed by atoms with van der Waals surface area (Å²) in [5.74, 6) is 1.56. The number of fused-ring (bicyclic) bond motifs is 5. The minimum absolute atomic E-state index is 0.263. The molecule has 2 bridgehead atoms. The molecule has 3 aliphatic rings. The van der Waals surface area contributed by atoms with Gasteiger partial charge in [-0.15, -0.1) is 0 Å². The molecule has 2 atom stereocenters. The van der Waals surface area contributed by atoms with Gasteiger partial charge in [-0.1, -0.05) is 0 Å². The quantitative estimate of drug-likeness (QED) is 0.373. The van der Waals surface area contributed by atoms with E-state index < -0.39 is 5.82 Å². The molecule has 3 fully saturated rings. The second-order valence-electron chi connectivity index (χ2n) is 9.32. The van der Waals surface area contributed by atoms with E-state index in [1.807, 2.05) is 0 Å². The Morgan fingerprint density at radius 2 is 2.05 bits per heavy atom. The number of nitrogens with zero attached hydrogens (tertiary/aromatic N) is 8. The molecule has 7 heterocycles. The molecule has 12 heteroatoms. The number of anilines is 3. The highest BCUT2D eigenvalue weighted by Gasteiger charge is 2.35. The molecule has 1 aromatic carbocycles. The third kappa shape index (κ3) is 3.85. The van der Waals surface area contributed by atoms with Crippen molar-refractivity contribution in [3.05, 3.63) is 60.7 Å². The minimum Gasteiger partial charge on any atom is -0.457 e. The van der Waals surface area contributed by atoms with Gasteiger partial charge >= 0.3 is 0 Å². The van der Waals surface area contributed by atoms with Crippen LogP contribution in [0.2, 0.25) is 0 Å². The van der Waals surface area contributed by atoms with Crippen LogP contribution in [0.5, 0.6) is 11.5 Å². The van der Waals surface area contributed by atoms with Crippen molar-refractivity contribution in [2.75, 3.05) is 23.3 Å². The molecular formula is C25H23FN10O.